The van der Waals surface area contributed by atoms with Crippen LogP contribution >= 0.6 is 11.6 Å². The van der Waals surface area contributed by atoms with Gasteiger partial charge in [-0.2, -0.15) is 0 Å². The molecule has 0 saturated carbocycles. The topological polar surface area (TPSA) is 119 Å². The molecule has 0 radical (unpaired) electrons. The summed E-state index contributed by atoms with van der Waals surface area (Å²) in [4.78, 5) is 14.0. The smallest absolute Gasteiger partial charge is 0.268 e. The first-order valence-corrected chi connectivity index (χ1v) is 11.2. The molecule has 4 aromatic rings. The van der Waals surface area contributed by atoms with Crippen LogP contribution in [0.5, 0.6) is 11.6 Å². The van der Waals surface area contributed by atoms with Crippen LogP contribution in [0.4, 0.5) is 14.6 Å². The van der Waals surface area contributed by atoms with Gasteiger partial charge in [-0.3, -0.25) is 4.72 Å². The van der Waals surface area contributed by atoms with Gasteiger partial charge in [0.2, 0.25) is 5.88 Å². The molecule has 0 bridgehead atoms. The summed E-state index contributed by atoms with van der Waals surface area (Å²) in [7, 11) is -3.21. The van der Waals surface area contributed by atoms with Gasteiger partial charge in [0.05, 0.1) is 30.1 Å². The maximum absolute atomic E-state index is 15.0. The second-order valence-corrected chi connectivity index (χ2v) is 8.93. The monoisotopic (exact) mass is 495 g/mol. The van der Waals surface area contributed by atoms with Crippen molar-refractivity contribution in [1.82, 2.24) is 19.9 Å². The summed E-state index contributed by atoms with van der Waals surface area (Å²) < 4.78 is 67.2. The molecule has 0 fully saturated rings. The third-order valence-corrected chi connectivity index (χ3v) is 6.20. The lowest BCUT2D eigenvalue weighted by Crippen LogP contribution is -2.18. The van der Waals surface area contributed by atoms with Crippen molar-refractivity contribution in [3.8, 4) is 11.6 Å². The molecule has 9 nitrogen and oxygen atoms in total. The van der Waals surface area contributed by atoms with E-state index in [2.05, 4.69) is 19.9 Å². The zero-order valence-electron chi connectivity index (χ0n) is 17.2. The molecule has 4 heterocycles. The highest BCUT2D eigenvalue weighted by molar-refractivity contribution is 7.92. The van der Waals surface area contributed by atoms with Crippen LogP contribution in [-0.4, -0.2) is 35.5 Å². The molecule has 0 spiro atoms. The van der Waals surface area contributed by atoms with Gasteiger partial charge in [0.25, 0.3) is 10.0 Å². The van der Waals surface area contributed by atoms with Crippen LogP contribution in [0.3, 0.4) is 0 Å². The molecule has 4 rings (SSSR count). The van der Waals surface area contributed by atoms with E-state index in [1.807, 2.05) is 11.6 Å². The van der Waals surface area contributed by atoms with E-state index < -0.39 is 44.5 Å². The molecule has 0 aromatic carbocycles. The van der Waals surface area contributed by atoms with Crippen molar-refractivity contribution in [3.05, 3.63) is 64.7 Å². The molecular weight excluding hydrogens is 480 g/mol. The number of ether oxygens (including phenoxy) is 2. The Morgan fingerprint density at radius 1 is 1.15 bits per heavy atom. The van der Waals surface area contributed by atoms with Gasteiger partial charge in [-0.1, -0.05) is 11.6 Å². The number of aryl methyl sites for hydroxylation is 1. The Hall–Kier alpha value is -3.51. The molecule has 0 amide bonds. The molecular formula is C20H16ClF2N5O4S. The first-order chi connectivity index (χ1) is 15.7. The zero-order valence-corrected chi connectivity index (χ0v) is 18.8. The number of methoxy groups -OCH3 is 1. The lowest BCUT2D eigenvalue weighted by atomic mass is 10.2. The number of nitrogens with zero attached hydrogens (tertiary/aromatic N) is 3. The number of fused-ring (bicyclic) bond motifs is 1. The summed E-state index contributed by atoms with van der Waals surface area (Å²) in [6.07, 6.45) is 5.04. The molecule has 4 aromatic heterocycles. The van der Waals surface area contributed by atoms with Gasteiger partial charge in [0.15, 0.2) is 22.3 Å². The average Bonchev–Trinajstić information content (AvgIpc) is 3.16. The van der Waals surface area contributed by atoms with E-state index in [1.165, 1.54) is 19.5 Å². The summed E-state index contributed by atoms with van der Waals surface area (Å²) in [5.41, 5.74) is 1.04. The van der Waals surface area contributed by atoms with Gasteiger partial charge in [-0.05, 0) is 24.6 Å². The molecule has 0 aliphatic heterocycles. The fourth-order valence-electron chi connectivity index (χ4n) is 2.99. The van der Waals surface area contributed by atoms with Crippen molar-refractivity contribution < 1.29 is 26.7 Å². The molecule has 172 valence electrons. The minimum Gasteiger partial charge on any atom is -0.487 e. The van der Waals surface area contributed by atoms with Crippen LogP contribution in [0.2, 0.25) is 5.02 Å². The zero-order chi connectivity index (χ0) is 23.8. The minimum absolute atomic E-state index is 0.0149. The minimum atomic E-state index is -4.42. The summed E-state index contributed by atoms with van der Waals surface area (Å²) in [5.74, 6) is -2.96. The quantitative estimate of drug-likeness (QED) is 0.398. The van der Waals surface area contributed by atoms with E-state index in [4.69, 9.17) is 21.1 Å². The highest BCUT2D eigenvalue weighted by Crippen LogP contribution is 2.28. The van der Waals surface area contributed by atoms with E-state index in [1.54, 1.807) is 12.3 Å². The number of aromatic nitrogens is 4. The number of rotatable bonds is 7. The van der Waals surface area contributed by atoms with Crippen LogP contribution in [0.15, 0.2) is 41.8 Å². The van der Waals surface area contributed by atoms with Gasteiger partial charge < -0.3 is 14.5 Å². The Morgan fingerprint density at radius 3 is 2.70 bits per heavy atom. The number of pyridine rings is 3. The standard InChI is InChI=1S/C20H16ClF2N5O4S/c1-10-5-24-18-13(10)4-12(7-25-18)32-9-14-15(22)8-26-19(17(14)23)28-33(29,30)16-3-11(21)6-27-20(16)31-2/h3-8H,9H2,1-2H3,(H,24,25)(H,26,28). The summed E-state index contributed by atoms with van der Waals surface area (Å²) >= 11 is 5.83. The Balaban J connectivity index is 1.61. The SMILES string of the molecule is COc1ncc(Cl)cc1S(=O)(=O)Nc1ncc(F)c(COc2cnc3[nH]cc(C)c3c2)c1F. The van der Waals surface area contributed by atoms with E-state index in [9.17, 15) is 12.8 Å². The van der Waals surface area contributed by atoms with Crippen LogP contribution < -0.4 is 14.2 Å². The van der Waals surface area contributed by atoms with Crippen LogP contribution in [0, 0.1) is 18.6 Å². The van der Waals surface area contributed by atoms with Gasteiger partial charge in [-0.15, -0.1) is 0 Å². The Labute approximate surface area is 191 Å². The van der Waals surface area contributed by atoms with Crippen molar-refractivity contribution in [2.45, 2.75) is 18.4 Å². The highest BCUT2D eigenvalue weighted by atomic mass is 35.5. The Bertz CT molecular complexity index is 1460. The maximum Gasteiger partial charge on any atom is 0.268 e. The van der Waals surface area contributed by atoms with Crippen LogP contribution in [-0.2, 0) is 16.6 Å². The van der Waals surface area contributed by atoms with Gasteiger partial charge in [0.1, 0.15) is 18.0 Å². The second kappa shape index (κ2) is 8.79. The van der Waals surface area contributed by atoms with Gasteiger partial charge in [0, 0.05) is 17.8 Å². The lowest BCUT2D eigenvalue weighted by Gasteiger charge is -2.13. The Morgan fingerprint density at radius 2 is 1.94 bits per heavy atom. The third kappa shape index (κ3) is 4.52. The normalized spacial score (nSPS) is 11.5. The number of aromatic amines is 1. The number of anilines is 1. The van der Waals surface area contributed by atoms with E-state index in [0.717, 1.165) is 17.0 Å². The van der Waals surface area contributed by atoms with Crippen molar-refractivity contribution >= 4 is 38.5 Å². The maximum atomic E-state index is 15.0. The van der Waals surface area contributed by atoms with Crippen LogP contribution in [0.25, 0.3) is 11.0 Å². The molecule has 13 heteroatoms. The molecule has 0 aliphatic carbocycles. The van der Waals surface area contributed by atoms with Crippen LogP contribution in [0.1, 0.15) is 11.1 Å². The van der Waals surface area contributed by atoms with E-state index in [-0.39, 0.29) is 16.7 Å². The molecule has 33 heavy (non-hydrogen) atoms. The third-order valence-electron chi connectivity index (χ3n) is 4.66. The largest absolute Gasteiger partial charge is 0.487 e. The number of halogens is 3. The second-order valence-electron chi connectivity index (χ2n) is 6.84. The van der Waals surface area contributed by atoms with Crippen molar-refractivity contribution in [1.29, 1.82) is 0 Å². The molecule has 2 N–H and O–H groups in total. The average molecular weight is 496 g/mol. The van der Waals surface area contributed by atoms with E-state index >= 15 is 4.39 Å². The summed E-state index contributed by atoms with van der Waals surface area (Å²) in [6.45, 7) is 1.34. The highest BCUT2D eigenvalue weighted by Gasteiger charge is 2.25. The molecule has 0 saturated heterocycles. The Kier molecular flexibility index (Phi) is 6.04. The van der Waals surface area contributed by atoms with Crippen molar-refractivity contribution in [2.24, 2.45) is 0 Å². The van der Waals surface area contributed by atoms with Crippen molar-refractivity contribution in [3.63, 3.8) is 0 Å². The predicted molar refractivity (Wildman–Crippen MR) is 116 cm³/mol. The van der Waals surface area contributed by atoms with Gasteiger partial charge in [-0.25, -0.2) is 32.2 Å². The number of sulfonamides is 1. The number of hydrogen-bond acceptors (Lipinski definition) is 7. The predicted octanol–water partition coefficient (Wildman–Crippen LogP) is 3.98. The molecule has 0 unspecified atom stereocenters. The lowest BCUT2D eigenvalue weighted by molar-refractivity contribution is 0.291. The number of H-pyrrole nitrogens is 1. The molecule has 0 aliphatic rings. The van der Waals surface area contributed by atoms with E-state index in [0.29, 0.717) is 11.8 Å². The molecule has 0 atom stereocenters. The number of nitrogens with one attached hydrogen (secondary N) is 2. The number of hydrogen-bond donors (Lipinski definition) is 2. The van der Waals surface area contributed by atoms with Gasteiger partial charge >= 0.3 is 0 Å². The van der Waals surface area contributed by atoms with Crippen molar-refractivity contribution in [2.75, 3.05) is 11.8 Å². The first-order valence-electron chi connectivity index (χ1n) is 9.31. The fourth-order valence-corrected chi connectivity index (χ4v) is 4.37. The summed E-state index contributed by atoms with van der Waals surface area (Å²) in [5, 5.41) is 0.807. The summed E-state index contributed by atoms with van der Waals surface area (Å²) in [6, 6.07) is 2.75. The first kappa shape index (κ1) is 22.7. The fraction of sp³-hybridized carbons (Fsp3) is 0.150.